The zero-order valence-electron chi connectivity index (χ0n) is 10.4. The minimum absolute atomic E-state index is 0.221. The minimum Gasteiger partial charge on any atom is -0.479 e. The first-order valence-corrected chi connectivity index (χ1v) is 6.90. The van der Waals surface area contributed by atoms with Gasteiger partial charge in [-0.25, -0.2) is 4.79 Å². The van der Waals surface area contributed by atoms with Crippen molar-refractivity contribution in [1.29, 1.82) is 0 Å². The Labute approximate surface area is 113 Å². The molecule has 0 radical (unpaired) electrons. The Morgan fingerprint density at radius 1 is 1.47 bits per heavy atom. The molecule has 0 aliphatic carbocycles. The van der Waals surface area contributed by atoms with Gasteiger partial charge in [-0.1, -0.05) is 0 Å². The highest BCUT2D eigenvalue weighted by Gasteiger charge is 2.43. The highest BCUT2D eigenvalue weighted by Crippen LogP contribution is 2.28. The molecule has 19 heavy (non-hydrogen) atoms. The van der Waals surface area contributed by atoms with E-state index < -0.39 is 17.4 Å². The summed E-state index contributed by atoms with van der Waals surface area (Å²) in [7, 11) is 1.54. The van der Waals surface area contributed by atoms with Crippen LogP contribution in [-0.2, 0) is 11.8 Å². The zero-order valence-corrected chi connectivity index (χ0v) is 11.2. The van der Waals surface area contributed by atoms with Gasteiger partial charge in [0.15, 0.2) is 0 Å². The van der Waals surface area contributed by atoms with Crippen molar-refractivity contribution in [2.24, 2.45) is 7.05 Å². The average molecular weight is 282 g/mol. The molecule has 2 N–H and O–H groups in total. The second-order valence-electron chi connectivity index (χ2n) is 4.51. The number of thioether (sulfide) groups is 1. The van der Waals surface area contributed by atoms with Crippen LogP contribution in [0.25, 0.3) is 0 Å². The van der Waals surface area contributed by atoms with Gasteiger partial charge in [0, 0.05) is 25.1 Å². The van der Waals surface area contributed by atoms with Crippen molar-refractivity contribution in [2.75, 3.05) is 11.5 Å². The molecule has 1 aliphatic rings. The Kier molecular flexibility index (Phi) is 3.66. The summed E-state index contributed by atoms with van der Waals surface area (Å²) in [6.45, 7) is 0. The molecule has 1 unspecified atom stereocenters. The SMILES string of the molecule is Cn1cc(C(=O)NC2(C(=O)O)CCSC2)ccc1=O. The lowest BCUT2D eigenvalue weighted by Crippen LogP contribution is -2.54. The number of amides is 1. The summed E-state index contributed by atoms with van der Waals surface area (Å²) in [5, 5.41) is 11.9. The number of carbonyl (C=O) groups is 2. The number of hydrogen-bond donors (Lipinski definition) is 2. The Bertz CT molecular complexity index is 575. The third-order valence-corrected chi connectivity index (χ3v) is 4.32. The lowest BCUT2D eigenvalue weighted by molar-refractivity contribution is -0.143. The number of carboxylic acids is 1. The van der Waals surface area contributed by atoms with Crippen LogP contribution >= 0.6 is 11.8 Å². The topological polar surface area (TPSA) is 88.4 Å². The van der Waals surface area contributed by atoms with Crippen LogP contribution in [0.5, 0.6) is 0 Å². The number of nitrogens with zero attached hydrogens (tertiary/aromatic N) is 1. The Balaban J connectivity index is 2.22. The highest BCUT2D eigenvalue weighted by molar-refractivity contribution is 7.99. The van der Waals surface area contributed by atoms with E-state index in [1.165, 1.54) is 41.7 Å². The molecule has 2 heterocycles. The van der Waals surface area contributed by atoms with E-state index in [1.807, 2.05) is 0 Å². The number of pyridine rings is 1. The maximum atomic E-state index is 12.1. The lowest BCUT2D eigenvalue weighted by Gasteiger charge is -2.24. The first-order valence-electron chi connectivity index (χ1n) is 5.75. The van der Waals surface area contributed by atoms with Crippen LogP contribution in [-0.4, -0.2) is 38.6 Å². The van der Waals surface area contributed by atoms with Crippen LogP contribution in [0.2, 0.25) is 0 Å². The van der Waals surface area contributed by atoms with Gasteiger partial charge in [-0.05, 0) is 18.2 Å². The van der Waals surface area contributed by atoms with Crippen molar-refractivity contribution in [3.63, 3.8) is 0 Å². The second-order valence-corrected chi connectivity index (χ2v) is 5.62. The van der Waals surface area contributed by atoms with E-state index in [-0.39, 0.29) is 11.1 Å². The van der Waals surface area contributed by atoms with Gasteiger partial charge in [0.2, 0.25) is 5.56 Å². The standard InChI is InChI=1S/C12H14N2O4S/c1-14-6-8(2-3-9(14)15)10(16)13-12(11(17)18)4-5-19-7-12/h2-3,6H,4-5,7H2,1H3,(H,13,16)(H,17,18). The maximum Gasteiger partial charge on any atom is 0.330 e. The lowest BCUT2D eigenvalue weighted by atomic mass is 9.98. The molecule has 0 saturated carbocycles. The molecule has 6 nitrogen and oxygen atoms in total. The third-order valence-electron chi connectivity index (χ3n) is 3.13. The Morgan fingerprint density at radius 2 is 2.21 bits per heavy atom. The molecule has 7 heteroatoms. The molecule has 1 saturated heterocycles. The predicted molar refractivity (Wildman–Crippen MR) is 71.5 cm³/mol. The fourth-order valence-corrected chi connectivity index (χ4v) is 3.23. The number of carbonyl (C=O) groups excluding carboxylic acids is 1. The number of nitrogens with one attached hydrogen (secondary N) is 1. The van der Waals surface area contributed by atoms with E-state index >= 15 is 0 Å². The molecule has 1 amide bonds. The molecule has 2 rings (SSSR count). The van der Waals surface area contributed by atoms with Gasteiger partial charge in [0.05, 0.1) is 5.56 Å². The van der Waals surface area contributed by atoms with Gasteiger partial charge in [-0.2, -0.15) is 11.8 Å². The van der Waals surface area contributed by atoms with E-state index in [2.05, 4.69) is 5.32 Å². The Hall–Kier alpha value is -1.76. The van der Waals surface area contributed by atoms with Gasteiger partial charge in [-0.3, -0.25) is 9.59 Å². The fraction of sp³-hybridized carbons (Fsp3) is 0.417. The molecule has 0 aromatic carbocycles. The van der Waals surface area contributed by atoms with Crippen molar-refractivity contribution in [2.45, 2.75) is 12.0 Å². The van der Waals surface area contributed by atoms with E-state index in [0.717, 1.165) is 0 Å². The van der Waals surface area contributed by atoms with E-state index in [1.54, 1.807) is 0 Å². The highest BCUT2D eigenvalue weighted by atomic mass is 32.2. The number of aromatic nitrogens is 1. The summed E-state index contributed by atoms with van der Waals surface area (Å²) in [4.78, 5) is 34.6. The second kappa shape index (κ2) is 5.08. The largest absolute Gasteiger partial charge is 0.479 e. The third kappa shape index (κ3) is 2.65. The van der Waals surface area contributed by atoms with E-state index in [0.29, 0.717) is 17.9 Å². The van der Waals surface area contributed by atoms with Gasteiger partial charge >= 0.3 is 5.97 Å². The molecule has 1 aromatic heterocycles. The number of rotatable bonds is 3. The summed E-state index contributed by atoms with van der Waals surface area (Å²) in [5.74, 6) is -0.421. The summed E-state index contributed by atoms with van der Waals surface area (Å²) in [5.41, 5.74) is -1.14. The van der Waals surface area contributed by atoms with Gasteiger partial charge in [0.25, 0.3) is 5.91 Å². The van der Waals surface area contributed by atoms with Crippen LogP contribution in [0.15, 0.2) is 23.1 Å². The smallest absolute Gasteiger partial charge is 0.330 e. The molecule has 1 aromatic rings. The normalized spacial score (nSPS) is 22.2. The van der Waals surface area contributed by atoms with Crippen LogP contribution < -0.4 is 10.9 Å². The molecule has 0 bridgehead atoms. The first kappa shape index (κ1) is 13.7. The fourth-order valence-electron chi connectivity index (χ4n) is 1.90. The molecule has 102 valence electrons. The van der Waals surface area contributed by atoms with Crippen molar-refractivity contribution >= 4 is 23.6 Å². The summed E-state index contributed by atoms with van der Waals surface area (Å²) >= 11 is 1.50. The average Bonchev–Trinajstić information content (AvgIpc) is 2.82. The first-order chi connectivity index (χ1) is 8.94. The molecular formula is C12H14N2O4S. The Morgan fingerprint density at radius 3 is 2.74 bits per heavy atom. The quantitative estimate of drug-likeness (QED) is 0.819. The van der Waals surface area contributed by atoms with E-state index in [9.17, 15) is 19.5 Å². The number of hydrogen-bond acceptors (Lipinski definition) is 4. The zero-order chi connectivity index (χ0) is 14.0. The molecule has 1 fully saturated rings. The summed E-state index contributed by atoms with van der Waals surface area (Å²) < 4.78 is 1.28. The van der Waals surface area contributed by atoms with Crippen LogP contribution in [0.3, 0.4) is 0 Å². The van der Waals surface area contributed by atoms with Crippen molar-refractivity contribution < 1.29 is 14.7 Å². The number of carboxylic acid groups (broad SMARTS) is 1. The summed E-state index contributed by atoms with van der Waals surface area (Å²) in [6, 6.07) is 2.68. The monoisotopic (exact) mass is 282 g/mol. The van der Waals surface area contributed by atoms with Gasteiger partial charge < -0.3 is 15.0 Å². The minimum atomic E-state index is -1.20. The van der Waals surface area contributed by atoms with Crippen LogP contribution in [0.4, 0.5) is 0 Å². The molecule has 0 spiro atoms. The van der Waals surface area contributed by atoms with Crippen molar-refractivity contribution in [3.8, 4) is 0 Å². The van der Waals surface area contributed by atoms with Gasteiger partial charge in [0.1, 0.15) is 5.54 Å². The molecule has 1 aliphatic heterocycles. The molecular weight excluding hydrogens is 268 g/mol. The number of aliphatic carboxylic acids is 1. The van der Waals surface area contributed by atoms with Crippen molar-refractivity contribution in [3.05, 3.63) is 34.2 Å². The van der Waals surface area contributed by atoms with Crippen molar-refractivity contribution in [1.82, 2.24) is 9.88 Å². The molecule has 1 atom stereocenters. The van der Waals surface area contributed by atoms with Crippen LogP contribution in [0.1, 0.15) is 16.8 Å². The maximum absolute atomic E-state index is 12.1. The summed E-state index contributed by atoms with van der Waals surface area (Å²) in [6.07, 6.45) is 1.81. The van der Waals surface area contributed by atoms with E-state index in [4.69, 9.17) is 0 Å². The number of aryl methyl sites for hydroxylation is 1. The predicted octanol–water partition coefficient (Wildman–Crippen LogP) is 0.0754. The van der Waals surface area contributed by atoms with Crippen LogP contribution in [0, 0.1) is 0 Å². The van der Waals surface area contributed by atoms with Gasteiger partial charge in [-0.15, -0.1) is 0 Å².